The number of allylic oxidation sites excluding steroid dienone is 3. The van der Waals surface area contributed by atoms with Crippen molar-refractivity contribution in [2.45, 2.75) is 236 Å². The normalized spacial score (nSPS) is 22.2. The fourth-order valence-electron chi connectivity index (χ4n) is 17.3. The molecule has 2 aromatic carbocycles. The quantitative estimate of drug-likeness (QED) is 0.0158. The molecule has 0 saturated carbocycles. The first-order chi connectivity index (χ1) is 63.1. The number of phosphoric acid groups is 3. The number of carbonyl (C=O) groups is 13. The molecule has 133 heavy (non-hydrogen) atoms. The van der Waals surface area contributed by atoms with Gasteiger partial charge < -0.3 is 101 Å². The molecule has 5 fully saturated rings. The maximum atomic E-state index is 14.9. The largest absolute Gasteiger partial charge is 0.490 e. The van der Waals surface area contributed by atoms with Gasteiger partial charge in [0, 0.05) is 138 Å². The Balaban J connectivity index is 0.709. The van der Waals surface area contributed by atoms with E-state index in [2.05, 4.69) is 78.0 Å². The number of hydrogen-bond donors (Lipinski definition) is 13. The summed E-state index contributed by atoms with van der Waals surface area (Å²) in [5.41, 5.74) is 11.5. The molecule has 7 heterocycles. The Bertz CT molecular complexity index is 5270. The molecule has 7 aliphatic rings. The van der Waals surface area contributed by atoms with E-state index in [9.17, 15) is 111 Å². The third-order valence-corrected chi connectivity index (χ3v) is 29.9. The average molecular weight is 1950 g/mol. The van der Waals surface area contributed by atoms with Gasteiger partial charge in [-0.2, -0.15) is 13.6 Å². The second-order valence-corrected chi connectivity index (χ2v) is 40.4. The number of likely N-dealkylation sites (tertiary alicyclic amines) is 4. The first kappa shape index (κ1) is 105. The number of unbranched alkanes of at least 4 members (excludes halogenated alkanes) is 1. The summed E-state index contributed by atoms with van der Waals surface area (Å²) in [4.78, 5) is 242. The number of nitrogens with two attached hydrogens (primary N) is 1. The molecule has 3 aromatic rings. The number of carboxylic acids is 3. The van der Waals surface area contributed by atoms with Crippen LogP contribution in [-0.4, -0.2) is 282 Å². The van der Waals surface area contributed by atoms with Crippen LogP contribution in [0.3, 0.4) is 0 Å². The number of aliphatic imine (C=N–C) groups is 1. The Morgan fingerprint density at radius 2 is 1.34 bits per heavy atom. The van der Waals surface area contributed by atoms with E-state index in [-0.39, 0.29) is 168 Å². The molecule has 726 valence electrons. The molecule has 48 heteroatoms. The van der Waals surface area contributed by atoms with Gasteiger partial charge in [-0.1, -0.05) is 77.1 Å². The zero-order valence-electron chi connectivity index (χ0n) is 74.1. The first-order valence-electron chi connectivity index (χ1n) is 44.0. The predicted molar refractivity (Wildman–Crippen MR) is 480 cm³/mol. The van der Waals surface area contributed by atoms with Crippen LogP contribution in [0.15, 0.2) is 75.9 Å². The smallest absolute Gasteiger partial charge is 0.481 e. The van der Waals surface area contributed by atoms with E-state index in [0.717, 1.165) is 68.0 Å². The van der Waals surface area contributed by atoms with Crippen LogP contribution in [0.5, 0.6) is 5.75 Å². The van der Waals surface area contributed by atoms with Gasteiger partial charge in [0.15, 0.2) is 0 Å². The fourth-order valence-corrected chi connectivity index (χ4v) is 22.3. The van der Waals surface area contributed by atoms with Gasteiger partial charge in [-0.15, -0.1) is 0 Å². The number of aromatic nitrogens is 2. The molecule has 1 aromatic heterocycles. The number of aliphatic hydroxyl groups is 1. The maximum Gasteiger partial charge on any atom is 0.490 e. The molecule has 14 atom stereocenters. The molecular formula is C85H114N13O30P3S2. The highest BCUT2D eigenvalue weighted by atomic mass is 33.1. The molecule has 5 saturated heterocycles. The molecule has 1 aliphatic carbocycles. The Labute approximate surface area is 774 Å². The molecule has 14 N–H and O–H groups in total. The summed E-state index contributed by atoms with van der Waals surface area (Å²) in [6.45, 7) is 8.82. The number of aliphatic hydroxyl groups excluding tert-OH is 1. The number of carbonyl (C=O) groups excluding carboxylic acids is 10. The molecule has 0 spiro atoms. The molecule has 43 nitrogen and oxygen atoms in total. The lowest BCUT2D eigenvalue weighted by atomic mass is 9.72. The summed E-state index contributed by atoms with van der Waals surface area (Å²) in [6.07, 6.45) is 3.72. The van der Waals surface area contributed by atoms with Gasteiger partial charge >= 0.3 is 47.1 Å². The van der Waals surface area contributed by atoms with Crippen molar-refractivity contribution in [1.82, 2.24) is 55.3 Å². The number of anilines is 1. The van der Waals surface area contributed by atoms with E-state index < -0.39 is 157 Å². The van der Waals surface area contributed by atoms with Crippen LogP contribution in [0.1, 0.15) is 206 Å². The number of aliphatic carboxylic acids is 3. The highest BCUT2D eigenvalue weighted by molar-refractivity contribution is 8.76. The van der Waals surface area contributed by atoms with E-state index >= 15 is 0 Å². The van der Waals surface area contributed by atoms with Crippen LogP contribution in [-0.2, 0) is 95.5 Å². The zero-order chi connectivity index (χ0) is 96.9. The number of Topliss-reactive ketones (excluding diaryl/α,β-unsaturated/α-hetero) is 1. The van der Waals surface area contributed by atoms with Crippen LogP contribution in [0.25, 0.3) is 0 Å². The Hall–Kier alpha value is -10.0. The number of ether oxygens (including phenoxy) is 2. The number of phosphoric ester groups is 1. The van der Waals surface area contributed by atoms with Gasteiger partial charge in [-0.3, -0.25) is 71.6 Å². The van der Waals surface area contributed by atoms with Crippen molar-refractivity contribution in [3.05, 3.63) is 110 Å². The zero-order valence-corrected chi connectivity index (χ0v) is 78.4. The summed E-state index contributed by atoms with van der Waals surface area (Å²) in [6, 6.07) is 2.46. The number of fused-ring (bicyclic) bond motifs is 2. The fraction of sp³-hybridized carbons (Fsp3) is 0.576. The third kappa shape index (κ3) is 28.8. The maximum absolute atomic E-state index is 14.9. The minimum atomic E-state index is -5.84. The minimum Gasteiger partial charge on any atom is -0.481 e. The molecule has 10 rings (SSSR count). The number of nitrogens with one attached hydrogen (secondary N) is 4. The summed E-state index contributed by atoms with van der Waals surface area (Å²) in [5, 5.41) is 49.1. The molecule has 12 unspecified atom stereocenters. The highest BCUT2D eigenvalue weighted by Gasteiger charge is 2.48. The lowest BCUT2D eigenvalue weighted by Gasteiger charge is -2.38. The first-order valence-corrected chi connectivity index (χ1v) is 51.0. The summed E-state index contributed by atoms with van der Waals surface area (Å²) >= 11 is 0. The number of nitrogens with zero attached hydrogens (tertiary/aromatic N) is 8. The summed E-state index contributed by atoms with van der Waals surface area (Å²) in [7, 11) is -12.8. The van der Waals surface area contributed by atoms with Crippen molar-refractivity contribution < 1.29 is 139 Å². The number of carboxylic acid groups (broad SMARTS) is 3. The van der Waals surface area contributed by atoms with Gasteiger partial charge in [0.2, 0.25) is 47.3 Å². The lowest BCUT2D eigenvalue weighted by molar-refractivity contribution is -0.148. The summed E-state index contributed by atoms with van der Waals surface area (Å²) in [5.74, 6) is -3.83. The summed E-state index contributed by atoms with van der Waals surface area (Å²) < 4.78 is 60.0. The minimum absolute atomic E-state index is 0.00381. The number of aryl methyl sites for hydroxylation is 2. The van der Waals surface area contributed by atoms with Crippen LogP contribution < -0.4 is 37.4 Å². The molecule has 9 amide bonds. The van der Waals surface area contributed by atoms with Crippen LogP contribution in [0.4, 0.5) is 5.82 Å². The number of hydrogen-bond acceptors (Lipinski definition) is 28. The molecule has 0 bridgehead atoms. The highest BCUT2D eigenvalue weighted by Crippen LogP contribution is 2.66. The molecular weight excluding hydrogens is 1840 g/mol. The SMILES string of the molecule is CCCc1cc2c(cc1C)C(c1ccccc1C(=O)N(C)CCCC(=O)N1CCCC1C(=O)N1CCCC1C(=O)NCCCCC(NC(=O)C1CCCN1C(=O)CCSSCCC(=O)CCC#Cc1cn([C@H]3CC(O)[C@@H](COP(=O)(O)OP(=O)(O)OP(=O)(O)O)O3)c(=O)nc1N)C(=O)N1CCCC1C(=O)NC(CC(=O)O)C(=O)NC(CC(=O)O)C(=O)O)C1C=C(C)C(=NCC)C=C1O2. The topological polar surface area (TPSA) is 619 Å². The van der Waals surface area contributed by atoms with Gasteiger partial charge in [0.05, 0.1) is 36.8 Å². The number of ketones is 1. The van der Waals surface area contributed by atoms with Gasteiger partial charge in [0.25, 0.3) is 5.91 Å². The van der Waals surface area contributed by atoms with Crippen molar-refractivity contribution >= 4 is 133 Å². The van der Waals surface area contributed by atoms with E-state index in [1.165, 1.54) is 37.0 Å². The average Bonchev–Trinajstić information content (AvgIpc) is 1.71. The predicted octanol–water partition coefficient (Wildman–Crippen LogP) is 4.68. The van der Waals surface area contributed by atoms with Gasteiger partial charge in [-0.05, 0) is 139 Å². The van der Waals surface area contributed by atoms with E-state index in [0.29, 0.717) is 62.9 Å². The van der Waals surface area contributed by atoms with Gasteiger partial charge in [0.1, 0.15) is 77.7 Å². The number of benzene rings is 2. The lowest BCUT2D eigenvalue weighted by Crippen LogP contribution is -2.58. The van der Waals surface area contributed by atoms with Crippen molar-refractivity contribution in [3.63, 3.8) is 0 Å². The number of rotatable bonds is 45. The Morgan fingerprint density at radius 1 is 0.722 bits per heavy atom. The van der Waals surface area contributed by atoms with Crippen molar-refractivity contribution in [3.8, 4) is 17.6 Å². The molecule has 6 aliphatic heterocycles. The second kappa shape index (κ2) is 47.9. The van der Waals surface area contributed by atoms with E-state index in [1.54, 1.807) is 16.8 Å². The Morgan fingerprint density at radius 3 is 2.00 bits per heavy atom. The van der Waals surface area contributed by atoms with Crippen LogP contribution >= 0.6 is 45.1 Å². The third-order valence-electron chi connectivity index (χ3n) is 23.7. The van der Waals surface area contributed by atoms with Crippen molar-refractivity contribution in [1.29, 1.82) is 0 Å². The standard InChI is InChI=1S/C85H114N13O30P3S2/c1-6-19-51-42-67-56(40-49(51)3)75(57-41-50(4)59(87-7-2)43-68(57)125-67)54-22-10-11-23-55(54)81(111)93(5)33-18-29-70(101)95-35-17-28-65(95)83(113)97-37-15-25-62(97)78(108)88-32-13-12-24-58(82(112)96-36-16-27-64(96)80(110)90-60(44-73(103)104)77(107)91-61(84(114)115)45-74(105)106)89-79(109)63-26-14-34-94(63)71(102)31-39-133-132-38-30-53(99)21-9-8-20-52-47-98(85(116)92-76(52)86)72-46-66(100)69(126-72)48-124-130(120,121)128-131(122,123)127-129(117,118)119/h10-11,22-23,40-43,47,57-58,60-66,69,72,75,100H,6-7,9,12-19,21,24-39,44-46,48H2,1-5H3,(H,88,108)(H,89,109)(H,90,110)(H,91,107)(H,103,104)(H,105,106)(H,114,115)(H,120,121)(H,122,123)(H2,86,92,116)(H2,117,118,119)/t57?,58?,60?,61?,62?,63?,64?,65?,66?,69-,72-,75?/m1/s1. The second-order valence-electron chi connectivity index (χ2n) is 33.3. The Kier molecular flexibility index (Phi) is 37.9. The monoisotopic (exact) mass is 1950 g/mol. The number of amides is 9. The van der Waals surface area contributed by atoms with Crippen LogP contribution in [0.2, 0.25) is 0 Å². The molecule has 0 radical (unpaired) electrons. The van der Waals surface area contributed by atoms with Crippen LogP contribution in [0, 0.1) is 24.7 Å². The van der Waals surface area contributed by atoms with E-state index in [4.69, 9.17) is 30.0 Å². The van der Waals surface area contributed by atoms with E-state index in [1.807, 2.05) is 49.5 Å². The van der Waals surface area contributed by atoms with Crippen molar-refractivity contribution in [2.75, 3.05) is 76.7 Å². The van der Waals surface area contributed by atoms with Gasteiger partial charge in [-0.25, -0.2) is 23.3 Å². The van der Waals surface area contributed by atoms with Crippen molar-refractivity contribution in [2.24, 2.45) is 10.9 Å². The number of nitrogen functional groups attached to an aromatic ring is 1.